The minimum absolute atomic E-state index is 0.216. The Morgan fingerprint density at radius 2 is 1.91 bits per heavy atom. The predicted octanol–water partition coefficient (Wildman–Crippen LogP) is 2.95. The molecule has 0 spiro atoms. The summed E-state index contributed by atoms with van der Waals surface area (Å²) >= 11 is 5.87. The van der Waals surface area contributed by atoms with E-state index in [0.717, 1.165) is 4.57 Å². The zero-order valence-corrected chi connectivity index (χ0v) is 13.1. The molecule has 0 amide bonds. The quantitative estimate of drug-likeness (QED) is 0.737. The van der Waals surface area contributed by atoms with Crippen molar-refractivity contribution in [1.29, 1.82) is 0 Å². The number of hydrogen-bond donors (Lipinski definition) is 0. The van der Waals surface area contributed by atoms with Crippen LogP contribution in [-0.4, -0.2) is 24.7 Å². The standard InChI is InChI=1S/C16H12ClNO5/c1-21-10-4-5-11(13(8-10)22-2)15(19)18-12-6-3-9(17)7-14(12)23-16(18)20/h3-8H,1-2H3. The summed E-state index contributed by atoms with van der Waals surface area (Å²) in [7, 11) is 2.94. The van der Waals surface area contributed by atoms with Gasteiger partial charge in [-0.15, -0.1) is 0 Å². The first-order valence-electron chi connectivity index (χ1n) is 6.63. The molecule has 0 bridgehead atoms. The van der Waals surface area contributed by atoms with Crippen LogP contribution in [0.5, 0.6) is 11.5 Å². The Bertz CT molecular complexity index is 957. The number of nitrogens with zero attached hydrogens (tertiary/aromatic N) is 1. The molecule has 7 heteroatoms. The van der Waals surface area contributed by atoms with Crippen molar-refractivity contribution in [2.45, 2.75) is 0 Å². The van der Waals surface area contributed by atoms with Gasteiger partial charge in [0.25, 0.3) is 5.91 Å². The van der Waals surface area contributed by atoms with E-state index in [4.69, 9.17) is 25.5 Å². The summed E-state index contributed by atoms with van der Waals surface area (Å²) in [5.74, 6) is -0.514. The number of fused-ring (bicyclic) bond motifs is 1. The molecule has 0 radical (unpaired) electrons. The van der Waals surface area contributed by atoms with E-state index in [1.165, 1.54) is 26.4 Å². The first kappa shape index (κ1) is 15.2. The number of halogens is 1. The summed E-state index contributed by atoms with van der Waals surface area (Å²) in [6.07, 6.45) is 0. The third kappa shape index (κ3) is 2.57. The van der Waals surface area contributed by atoms with Crippen LogP contribution in [-0.2, 0) is 0 Å². The van der Waals surface area contributed by atoms with Gasteiger partial charge >= 0.3 is 5.76 Å². The first-order chi connectivity index (χ1) is 11.0. The van der Waals surface area contributed by atoms with Crippen molar-refractivity contribution in [3.63, 3.8) is 0 Å². The van der Waals surface area contributed by atoms with Crippen LogP contribution in [0, 0.1) is 0 Å². The molecule has 0 saturated heterocycles. The number of aromatic nitrogens is 1. The Balaban J connectivity index is 2.18. The lowest BCUT2D eigenvalue weighted by atomic mass is 10.1. The molecule has 23 heavy (non-hydrogen) atoms. The van der Waals surface area contributed by atoms with Crippen molar-refractivity contribution in [3.8, 4) is 11.5 Å². The third-order valence-corrected chi connectivity index (χ3v) is 3.62. The lowest BCUT2D eigenvalue weighted by molar-refractivity contribution is 0.0953. The largest absolute Gasteiger partial charge is 0.497 e. The van der Waals surface area contributed by atoms with Gasteiger partial charge in [0.15, 0.2) is 5.58 Å². The summed E-state index contributed by atoms with van der Waals surface area (Å²) in [4.78, 5) is 24.8. The van der Waals surface area contributed by atoms with Crippen molar-refractivity contribution in [3.05, 3.63) is 57.5 Å². The number of hydrogen-bond acceptors (Lipinski definition) is 5. The van der Waals surface area contributed by atoms with Gasteiger partial charge in [0.1, 0.15) is 11.5 Å². The Hall–Kier alpha value is -2.73. The Labute approximate surface area is 135 Å². The third-order valence-electron chi connectivity index (χ3n) is 3.38. The van der Waals surface area contributed by atoms with Crippen LogP contribution in [0.25, 0.3) is 11.1 Å². The number of carbonyl (C=O) groups is 1. The first-order valence-corrected chi connectivity index (χ1v) is 7.01. The maximum Gasteiger partial charge on any atom is 0.427 e. The van der Waals surface area contributed by atoms with Gasteiger partial charge in [-0.25, -0.2) is 9.36 Å². The zero-order valence-electron chi connectivity index (χ0n) is 12.3. The van der Waals surface area contributed by atoms with Gasteiger partial charge < -0.3 is 13.9 Å². The fourth-order valence-electron chi connectivity index (χ4n) is 2.28. The number of benzene rings is 2. The summed E-state index contributed by atoms with van der Waals surface area (Å²) in [5.41, 5.74) is 0.790. The molecule has 0 N–H and O–H groups in total. The van der Waals surface area contributed by atoms with E-state index >= 15 is 0 Å². The summed E-state index contributed by atoms with van der Waals surface area (Å²) in [6.45, 7) is 0. The van der Waals surface area contributed by atoms with Gasteiger partial charge in [-0.2, -0.15) is 0 Å². The summed E-state index contributed by atoms with van der Waals surface area (Å²) in [6, 6.07) is 9.32. The van der Waals surface area contributed by atoms with Crippen LogP contribution < -0.4 is 15.2 Å². The number of carbonyl (C=O) groups excluding carboxylic acids is 1. The smallest absolute Gasteiger partial charge is 0.427 e. The molecule has 0 atom stereocenters. The Morgan fingerprint density at radius 3 is 2.61 bits per heavy atom. The molecule has 2 aromatic carbocycles. The molecule has 0 fully saturated rings. The molecule has 0 saturated carbocycles. The number of oxazole rings is 1. The molecular weight excluding hydrogens is 322 g/mol. The monoisotopic (exact) mass is 333 g/mol. The van der Waals surface area contributed by atoms with Gasteiger partial charge in [-0.1, -0.05) is 11.6 Å². The highest BCUT2D eigenvalue weighted by molar-refractivity contribution is 6.31. The Morgan fingerprint density at radius 1 is 1.13 bits per heavy atom. The minimum Gasteiger partial charge on any atom is -0.497 e. The van der Waals surface area contributed by atoms with Crippen molar-refractivity contribution in [2.24, 2.45) is 0 Å². The predicted molar refractivity (Wildman–Crippen MR) is 84.8 cm³/mol. The molecular formula is C16H12ClNO5. The van der Waals surface area contributed by atoms with Crippen LogP contribution >= 0.6 is 11.6 Å². The Kier molecular flexibility index (Phi) is 3.83. The molecule has 3 aromatic rings. The van der Waals surface area contributed by atoms with Crippen LogP contribution in [0.2, 0.25) is 5.02 Å². The van der Waals surface area contributed by atoms with Crippen molar-refractivity contribution in [1.82, 2.24) is 4.57 Å². The van der Waals surface area contributed by atoms with E-state index < -0.39 is 11.7 Å². The van der Waals surface area contributed by atoms with Crippen LogP contribution in [0.15, 0.2) is 45.6 Å². The molecule has 0 aliphatic rings. The lowest BCUT2D eigenvalue weighted by Crippen LogP contribution is -2.23. The second kappa shape index (κ2) is 5.81. The lowest BCUT2D eigenvalue weighted by Gasteiger charge is -2.09. The van der Waals surface area contributed by atoms with E-state index in [0.29, 0.717) is 22.0 Å². The molecule has 118 valence electrons. The number of rotatable bonds is 3. The summed E-state index contributed by atoms with van der Waals surface area (Å²) < 4.78 is 16.3. The minimum atomic E-state index is -0.787. The van der Waals surface area contributed by atoms with Gasteiger partial charge in [-0.05, 0) is 24.3 Å². The average Bonchev–Trinajstić information content (AvgIpc) is 2.88. The van der Waals surface area contributed by atoms with Crippen LogP contribution in [0.4, 0.5) is 0 Å². The van der Waals surface area contributed by atoms with Gasteiger partial charge in [0.05, 0.1) is 25.3 Å². The second-order valence-electron chi connectivity index (χ2n) is 4.69. The van der Waals surface area contributed by atoms with Crippen molar-refractivity contribution in [2.75, 3.05) is 14.2 Å². The highest BCUT2D eigenvalue weighted by atomic mass is 35.5. The van der Waals surface area contributed by atoms with Crippen molar-refractivity contribution < 1.29 is 18.7 Å². The SMILES string of the molecule is COc1ccc(C(=O)n2c(=O)oc3cc(Cl)ccc32)c(OC)c1. The maximum atomic E-state index is 12.8. The molecule has 3 rings (SSSR count). The number of ether oxygens (including phenoxy) is 2. The fraction of sp³-hybridized carbons (Fsp3) is 0.125. The molecule has 1 aromatic heterocycles. The molecule has 0 unspecified atom stereocenters. The van der Waals surface area contributed by atoms with E-state index in [9.17, 15) is 9.59 Å². The highest BCUT2D eigenvalue weighted by Crippen LogP contribution is 2.26. The molecule has 1 heterocycles. The summed E-state index contributed by atoms with van der Waals surface area (Å²) in [5, 5.41) is 0.410. The molecule has 6 nitrogen and oxygen atoms in total. The van der Waals surface area contributed by atoms with E-state index in [1.54, 1.807) is 24.3 Å². The normalized spacial score (nSPS) is 10.7. The fourth-order valence-corrected chi connectivity index (χ4v) is 2.44. The maximum absolute atomic E-state index is 12.8. The number of methoxy groups -OCH3 is 2. The van der Waals surface area contributed by atoms with Gasteiger partial charge in [0, 0.05) is 17.2 Å². The van der Waals surface area contributed by atoms with Crippen molar-refractivity contribution >= 4 is 28.6 Å². The van der Waals surface area contributed by atoms with E-state index in [1.807, 2.05) is 0 Å². The van der Waals surface area contributed by atoms with Crippen LogP contribution in [0.3, 0.4) is 0 Å². The van der Waals surface area contributed by atoms with Gasteiger partial charge in [-0.3, -0.25) is 4.79 Å². The van der Waals surface area contributed by atoms with Crippen LogP contribution in [0.1, 0.15) is 10.4 Å². The molecule has 0 aliphatic carbocycles. The zero-order chi connectivity index (χ0) is 16.6. The highest BCUT2D eigenvalue weighted by Gasteiger charge is 2.21. The van der Waals surface area contributed by atoms with E-state index in [-0.39, 0.29) is 11.1 Å². The second-order valence-corrected chi connectivity index (χ2v) is 5.12. The topological polar surface area (TPSA) is 70.7 Å². The van der Waals surface area contributed by atoms with Gasteiger partial charge in [0.2, 0.25) is 0 Å². The average molecular weight is 334 g/mol. The molecule has 0 aliphatic heterocycles. The van der Waals surface area contributed by atoms with E-state index in [2.05, 4.69) is 0 Å².